The Morgan fingerprint density at radius 3 is 2.22 bits per heavy atom. The van der Waals surface area contributed by atoms with Gasteiger partial charge in [0.2, 0.25) is 0 Å². The molecule has 5 N–H and O–H groups in total. The second-order valence-electron chi connectivity index (χ2n) is 3.87. The van der Waals surface area contributed by atoms with Crippen LogP contribution in [0, 0.1) is 0 Å². The van der Waals surface area contributed by atoms with Gasteiger partial charge in [-0.3, -0.25) is 4.79 Å². The first-order valence-electron chi connectivity index (χ1n) is 5.11. The van der Waals surface area contributed by atoms with Gasteiger partial charge >= 0.3 is 0 Å². The third kappa shape index (κ3) is 3.11. The van der Waals surface area contributed by atoms with Crippen LogP contribution in [0.5, 0.6) is 5.75 Å². The highest BCUT2D eigenvalue weighted by atomic mass is 35.5. The highest BCUT2D eigenvalue weighted by Gasteiger charge is 2.30. The lowest BCUT2D eigenvalue weighted by molar-refractivity contribution is 0.0375. The third-order valence-corrected chi connectivity index (χ3v) is 2.80. The molecule has 0 aliphatic carbocycles. The van der Waals surface area contributed by atoms with E-state index in [0.29, 0.717) is 0 Å². The number of benzene rings is 1. The number of hydrogen-bond donors (Lipinski definition) is 5. The molecule has 0 radical (unpaired) electrons. The first kappa shape index (κ1) is 14.7. The molecule has 0 heterocycles. The summed E-state index contributed by atoms with van der Waals surface area (Å²) in [4.78, 5) is 11.8. The molecule has 1 aromatic rings. The Morgan fingerprint density at radius 2 is 1.78 bits per heavy atom. The Labute approximate surface area is 108 Å². The van der Waals surface area contributed by atoms with Crippen LogP contribution >= 0.6 is 11.6 Å². The van der Waals surface area contributed by atoms with Crippen LogP contribution in [0.4, 0.5) is 0 Å². The molecule has 6 nitrogen and oxygen atoms in total. The van der Waals surface area contributed by atoms with Crippen molar-refractivity contribution in [2.24, 2.45) is 0 Å². The van der Waals surface area contributed by atoms with Crippen molar-refractivity contribution in [2.75, 3.05) is 19.8 Å². The van der Waals surface area contributed by atoms with Crippen molar-refractivity contribution in [3.05, 3.63) is 28.8 Å². The summed E-state index contributed by atoms with van der Waals surface area (Å²) in [6.07, 6.45) is 0. The molecule has 1 aromatic carbocycles. The van der Waals surface area contributed by atoms with Crippen LogP contribution in [-0.4, -0.2) is 51.7 Å². The first-order valence-corrected chi connectivity index (χ1v) is 5.49. The molecule has 0 aromatic heterocycles. The minimum atomic E-state index is -1.50. The Morgan fingerprint density at radius 1 is 1.22 bits per heavy atom. The number of carbonyl (C=O) groups is 1. The lowest BCUT2D eigenvalue weighted by Gasteiger charge is -2.28. The highest BCUT2D eigenvalue weighted by Crippen LogP contribution is 2.23. The molecule has 0 saturated carbocycles. The zero-order valence-corrected chi connectivity index (χ0v) is 10.2. The summed E-state index contributed by atoms with van der Waals surface area (Å²) in [5.74, 6) is -0.792. The number of aromatic hydroxyl groups is 1. The summed E-state index contributed by atoms with van der Waals surface area (Å²) in [5.41, 5.74) is -1.36. The summed E-state index contributed by atoms with van der Waals surface area (Å²) in [5, 5.41) is 38.7. The van der Waals surface area contributed by atoms with Gasteiger partial charge in [-0.15, -0.1) is 0 Å². The average Bonchev–Trinajstić information content (AvgIpc) is 2.39. The number of carbonyl (C=O) groups excluding carboxylic acids is 1. The van der Waals surface area contributed by atoms with Crippen molar-refractivity contribution in [2.45, 2.75) is 5.54 Å². The summed E-state index contributed by atoms with van der Waals surface area (Å²) in [6, 6.07) is 3.81. The number of nitrogens with one attached hydrogen (secondary N) is 1. The lowest BCUT2D eigenvalue weighted by Crippen LogP contribution is -2.57. The fraction of sp³-hybridized carbons (Fsp3) is 0.364. The number of aliphatic hydroxyl groups is 3. The monoisotopic (exact) mass is 275 g/mol. The molecule has 0 fully saturated rings. The van der Waals surface area contributed by atoms with E-state index in [9.17, 15) is 9.90 Å². The van der Waals surface area contributed by atoms with Crippen LogP contribution in [0.3, 0.4) is 0 Å². The number of phenolic OH excluding ortho intramolecular Hbond substituents is 1. The van der Waals surface area contributed by atoms with Crippen molar-refractivity contribution >= 4 is 17.5 Å². The van der Waals surface area contributed by atoms with E-state index in [1.54, 1.807) is 0 Å². The van der Waals surface area contributed by atoms with E-state index in [1.165, 1.54) is 18.2 Å². The van der Waals surface area contributed by atoms with Crippen molar-refractivity contribution in [1.29, 1.82) is 0 Å². The van der Waals surface area contributed by atoms with Crippen LogP contribution in [0.2, 0.25) is 5.02 Å². The zero-order valence-electron chi connectivity index (χ0n) is 9.43. The van der Waals surface area contributed by atoms with Gasteiger partial charge in [0.05, 0.1) is 24.8 Å². The summed E-state index contributed by atoms with van der Waals surface area (Å²) in [6.45, 7) is -1.84. The van der Waals surface area contributed by atoms with Gasteiger partial charge in [0, 0.05) is 5.56 Å². The van der Waals surface area contributed by atoms with E-state index in [4.69, 9.17) is 26.9 Å². The molecule has 0 aliphatic heterocycles. The minimum Gasteiger partial charge on any atom is -0.506 e. The number of rotatable bonds is 5. The van der Waals surface area contributed by atoms with Gasteiger partial charge < -0.3 is 25.7 Å². The van der Waals surface area contributed by atoms with Crippen molar-refractivity contribution < 1.29 is 25.2 Å². The Bertz CT molecular complexity index is 425. The molecule has 0 bridgehead atoms. The Hall–Kier alpha value is -1.34. The van der Waals surface area contributed by atoms with Crippen molar-refractivity contribution in [1.82, 2.24) is 5.32 Å². The maximum Gasteiger partial charge on any atom is 0.252 e. The van der Waals surface area contributed by atoms with Crippen LogP contribution < -0.4 is 5.32 Å². The zero-order chi connectivity index (χ0) is 13.8. The standard InChI is InChI=1S/C11H14ClNO5/c12-8-3-7(1-2-9(8)17)10(18)13-11(4-14,5-15)6-16/h1-3,14-17H,4-6H2,(H,13,18). The first-order chi connectivity index (χ1) is 8.48. The lowest BCUT2D eigenvalue weighted by atomic mass is 10.0. The molecule has 0 spiro atoms. The van der Waals surface area contributed by atoms with Gasteiger partial charge in [0.15, 0.2) is 0 Å². The summed E-state index contributed by atoms with van der Waals surface area (Å²) in [7, 11) is 0. The van der Waals surface area contributed by atoms with Gasteiger partial charge in [0.1, 0.15) is 11.3 Å². The van der Waals surface area contributed by atoms with E-state index in [1.807, 2.05) is 0 Å². The predicted octanol–water partition coefficient (Wildman–Crippen LogP) is -0.509. The number of halogens is 1. The van der Waals surface area contributed by atoms with E-state index in [-0.39, 0.29) is 16.3 Å². The smallest absolute Gasteiger partial charge is 0.252 e. The second kappa shape index (κ2) is 6.01. The summed E-state index contributed by atoms with van der Waals surface area (Å²) < 4.78 is 0. The number of amides is 1. The van der Waals surface area contributed by atoms with Gasteiger partial charge in [-0.2, -0.15) is 0 Å². The van der Waals surface area contributed by atoms with Crippen LogP contribution in [0.1, 0.15) is 10.4 Å². The van der Waals surface area contributed by atoms with Gasteiger partial charge in [-0.25, -0.2) is 0 Å². The largest absolute Gasteiger partial charge is 0.506 e. The molecule has 1 amide bonds. The molecule has 18 heavy (non-hydrogen) atoms. The average molecular weight is 276 g/mol. The molecule has 7 heteroatoms. The Balaban J connectivity index is 2.90. The molecule has 0 saturated heterocycles. The second-order valence-corrected chi connectivity index (χ2v) is 4.28. The normalized spacial score (nSPS) is 11.3. The predicted molar refractivity (Wildman–Crippen MR) is 64.6 cm³/mol. The molecule has 1 rings (SSSR count). The van der Waals surface area contributed by atoms with E-state index >= 15 is 0 Å². The number of phenols is 1. The van der Waals surface area contributed by atoms with Gasteiger partial charge in [-0.05, 0) is 18.2 Å². The van der Waals surface area contributed by atoms with Gasteiger partial charge in [0.25, 0.3) is 5.91 Å². The fourth-order valence-corrected chi connectivity index (χ4v) is 1.41. The minimum absolute atomic E-state index is 0.00486. The molecule has 0 atom stereocenters. The Kier molecular flexibility index (Phi) is 4.92. The van der Waals surface area contributed by atoms with E-state index < -0.39 is 31.3 Å². The molecule has 100 valence electrons. The molecular weight excluding hydrogens is 262 g/mol. The SMILES string of the molecule is O=C(NC(CO)(CO)CO)c1ccc(O)c(Cl)c1. The van der Waals surface area contributed by atoms with E-state index in [0.717, 1.165) is 0 Å². The van der Waals surface area contributed by atoms with Crippen LogP contribution in [0.25, 0.3) is 0 Å². The number of aliphatic hydroxyl groups excluding tert-OH is 3. The fourth-order valence-electron chi connectivity index (χ4n) is 1.23. The topological polar surface area (TPSA) is 110 Å². The van der Waals surface area contributed by atoms with Crippen molar-refractivity contribution in [3.63, 3.8) is 0 Å². The third-order valence-electron chi connectivity index (χ3n) is 2.50. The molecular formula is C11H14ClNO5. The van der Waals surface area contributed by atoms with E-state index in [2.05, 4.69) is 5.32 Å². The van der Waals surface area contributed by atoms with Gasteiger partial charge in [-0.1, -0.05) is 11.6 Å². The molecule has 0 aliphatic rings. The summed E-state index contributed by atoms with van der Waals surface area (Å²) >= 11 is 5.65. The van der Waals surface area contributed by atoms with Crippen LogP contribution in [0.15, 0.2) is 18.2 Å². The van der Waals surface area contributed by atoms with Crippen molar-refractivity contribution in [3.8, 4) is 5.75 Å². The highest BCUT2D eigenvalue weighted by molar-refractivity contribution is 6.32. The number of hydrogen-bond acceptors (Lipinski definition) is 5. The maximum absolute atomic E-state index is 11.8. The maximum atomic E-state index is 11.8. The molecule has 0 unspecified atom stereocenters. The van der Waals surface area contributed by atoms with Crippen LogP contribution in [-0.2, 0) is 0 Å². The quantitative estimate of drug-likeness (QED) is 0.497.